The lowest BCUT2D eigenvalue weighted by Crippen LogP contribution is -2.30. The molecule has 0 aliphatic heterocycles. The van der Waals surface area contributed by atoms with E-state index in [9.17, 15) is 4.79 Å². The fourth-order valence-corrected chi connectivity index (χ4v) is 0.878. The van der Waals surface area contributed by atoms with E-state index < -0.39 is 5.41 Å². The maximum absolute atomic E-state index is 11.5. The Morgan fingerprint density at radius 1 is 1.42 bits per heavy atom. The summed E-state index contributed by atoms with van der Waals surface area (Å²) >= 11 is 0. The van der Waals surface area contributed by atoms with Crippen molar-refractivity contribution >= 4 is 5.97 Å². The van der Waals surface area contributed by atoms with Gasteiger partial charge in [0, 0.05) is 0 Å². The normalized spacial score (nSPS) is 11.8. The van der Waals surface area contributed by atoms with Gasteiger partial charge in [-0.1, -0.05) is 13.8 Å². The monoisotopic (exact) mass is 171 g/mol. The van der Waals surface area contributed by atoms with Crippen molar-refractivity contribution in [2.75, 3.05) is 0 Å². The molecule has 0 aliphatic rings. The summed E-state index contributed by atoms with van der Waals surface area (Å²) < 4.78 is 5.10. The molecule has 1 radical (unpaired) electrons. The SMILES string of the molecule is [CH2]C(CC)(CC)C(=O)OC(C)C. The minimum Gasteiger partial charge on any atom is -0.463 e. The van der Waals surface area contributed by atoms with E-state index >= 15 is 0 Å². The smallest absolute Gasteiger partial charge is 0.312 e. The Bertz CT molecular complexity index is 146. The minimum atomic E-state index is -0.537. The van der Waals surface area contributed by atoms with Crippen LogP contribution in [-0.2, 0) is 9.53 Å². The Balaban J connectivity index is 4.22. The van der Waals surface area contributed by atoms with Crippen LogP contribution >= 0.6 is 0 Å². The molecule has 0 atom stereocenters. The Kier molecular flexibility index (Phi) is 4.29. The average Bonchev–Trinajstić information content (AvgIpc) is 2.02. The molecular weight excluding hydrogens is 152 g/mol. The minimum absolute atomic E-state index is 0.0447. The first kappa shape index (κ1) is 11.5. The first-order valence-electron chi connectivity index (χ1n) is 4.52. The molecule has 0 saturated heterocycles. The van der Waals surface area contributed by atoms with Gasteiger partial charge in [-0.15, -0.1) is 0 Å². The fraction of sp³-hybridized carbons (Fsp3) is 0.800. The molecule has 2 nitrogen and oxygen atoms in total. The second kappa shape index (κ2) is 4.48. The molecule has 0 fully saturated rings. The molecule has 0 N–H and O–H groups in total. The first-order chi connectivity index (χ1) is 5.46. The van der Waals surface area contributed by atoms with Crippen molar-refractivity contribution in [3.63, 3.8) is 0 Å². The zero-order valence-electron chi connectivity index (χ0n) is 8.52. The summed E-state index contributed by atoms with van der Waals surface area (Å²) in [4.78, 5) is 11.5. The maximum Gasteiger partial charge on any atom is 0.312 e. The standard InChI is InChI=1S/C10H19O2/c1-6-10(5,7-2)9(11)12-8(3)4/h8H,5-7H2,1-4H3. The van der Waals surface area contributed by atoms with Gasteiger partial charge in [0.2, 0.25) is 0 Å². The van der Waals surface area contributed by atoms with E-state index in [4.69, 9.17) is 4.74 Å². The molecule has 0 aromatic rings. The Labute approximate surface area is 75.3 Å². The molecule has 0 rings (SSSR count). The summed E-state index contributed by atoms with van der Waals surface area (Å²) in [7, 11) is 0. The van der Waals surface area contributed by atoms with Gasteiger partial charge < -0.3 is 4.74 Å². The summed E-state index contributed by atoms with van der Waals surface area (Å²) in [5.41, 5.74) is -0.537. The second-order valence-corrected chi connectivity index (χ2v) is 3.44. The molecular formula is C10H19O2. The number of hydrogen-bond donors (Lipinski definition) is 0. The number of carbonyl (C=O) groups is 1. The van der Waals surface area contributed by atoms with E-state index in [2.05, 4.69) is 6.92 Å². The highest BCUT2D eigenvalue weighted by atomic mass is 16.5. The third-order valence-corrected chi connectivity index (χ3v) is 2.13. The maximum atomic E-state index is 11.5. The topological polar surface area (TPSA) is 26.3 Å². The van der Waals surface area contributed by atoms with Gasteiger partial charge >= 0.3 is 5.97 Å². The van der Waals surface area contributed by atoms with Crippen LogP contribution in [0.1, 0.15) is 40.5 Å². The van der Waals surface area contributed by atoms with Crippen LogP contribution in [0.4, 0.5) is 0 Å². The Morgan fingerprint density at radius 2 is 1.83 bits per heavy atom. The molecule has 2 heteroatoms. The summed E-state index contributed by atoms with van der Waals surface area (Å²) in [5.74, 6) is -0.178. The second-order valence-electron chi connectivity index (χ2n) is 3.44. The molecule has 0 unspecified atom stereocenters. The van der Waals surface area contributed by atoms with Crippen LogP contribution in [0, 0.1) is 12.3 Å². The highest BCUT2D eigenvalue weighted by molar-refractivity contribution is 5.77. The van der Waals surface area contributed by atoms with E-state index in [1.807, 2.05) is 27.7 Å². The van der Waals surface area contributed by atoms with Gasteiger partial charge in [-0.05, 0) is 33.6 Å². The van der Waals surface area contributed by atoms with Crippen LogP contribution in [0.15, 0.2) is 0 Å². The van der Waals surface area contributed by atoms with E-state index in [-0.39, 0.29) is 12.1 Å². The van der Waals surface area contributed by atoms with Gasteiger partial charge in [-0.25, -0.2) is 0 Å². The van der Waals surface area contributed by atoms with Crippen molar-refractivity contribution in [2.45, 2.75) is 46.6 Å². The van der Waals surface area contributed by atoms with Crippen molar-refractivity contribution in [3.8, 4) is 0 Å². The van der Waals surface area contributed by atoms with Crippen molar-refractivity contribution in [1.82, 2.24) is 0 Å². The zero-order chi connectivity index (χ0) is 9.78. The molecule has 0 aromatic carbocycles. The molecule has 71 valence electrons. The molecule has 12 heavy (non-hydrogen) atoms. The van der Waals surface area contributed by atoms with E-state index in [1.165, 1.54) is 0 Å². The number of hydrogen-bond acceptors (Lipinski definition) is 2. The molecule has 0 aromatic heterocycles. The van der Waals surface area contributed by atoms with Crippen LogP contribution in [-0.4, -0.2) is 12.1 Å². The summed E-state index contributed by atoms with van der Waals surface area (Å²) in [5, 5.41) is 0. The van der Waals surface area contributed by atoms with Crippen LogP contribution in [0.3, 0.4) is 0 Å². The summed E-state index contributed by atoms with van der Waals surface area (Å²) in [6.07, 6.45) is 1.42. The van der Waals surface area contributed by atoms with Gasteiger partial charge in [-0.3, -0.25) is 4.79 Å². The highest BCUT2D eigenvalue weighted by Gasteiger charge is 2.31. The molecule has 0 spiro atoms. The highest BCUT2D eigenvalue weighted by Crippen LogP contribution is 2.26. The molecule has 0 aliphatic carbocycles. The largest absolute Gasteiger partial charge is 0.463 e. The van der Waals surface area contributed by atoms with Gasteiger partial charge in [0.1, 0.15) is 0 Å². The predicted octanol–water partition coefficient (Wildman–Crippen LogP) is 2.58. The zero-order valence-corrected chi connectivity index (χ0v) is 8.52. The van der Waals surface area contributed by atoms with Crippen LogP contribution < -0.4 is 0 Å². The van der Waals surface area contributed by atoms with Crippen LogP contribution in [0.5, 0.6) is 0 Å². The van der Waals surface area contributed by atoms with E-state index in [0.29, 0.717) is 0 Å². The van der Waals surface area contributed by atoms with Crippen molar-refractivity contribution in [1.29, 1.82) is 0 Å². The Morgan fingerprint density at radius 3 is 2.08 bits per heavy atom. The van der Waals surface area contributed by atoms with Crippen molar-refractivity contribution < 1.29 is 9.53 Å². The number of rotatable bonds is 4. The van der Waals surface area contributed by atoms with Gasteiger partial charge in [0.25, 0.3) is 0 Å². The fourth-order valence-electron chi connectivity index (χ4n) is 0.878. The molecule has 0 amide bonds. The molecule has 0 saturated carbocycles. The lowest BCUT2D eigenvalue weighted by molar-refractivity contribution is -0.157. The number of carbonyl (C=O) groups excluding carboxylic acids is 1. The quantitative estimate of drug-likeness (QED) is 0.608. The van der Waals surface area contributed by atoms with Crippen LogP contribution in [0.25, 0.3) is 0 Å². The third kappa shape index (κ3) is 2.84. The lowest BCUT2D eigenvalue weighted by atomic mass is 9.85. The Hall–Kier alpha value is -0.530. The van der Waals surface area contributed by atoms with Crippen molar-refractivity contribution in [3.05, 3.63) is 6.92 Å². The molecule has 0 bridgehead atoms. The molecule has 0 heterocycles. The number of esters is 1. The summed E-state index contributed by atoms with van der Waals surface area (Å²) in [6.45, 7) is 11.5. The van der Waals surface area contributed by atoms with Crippen molar-refractivity contribution in [2.24, 2.45) is 5.41 Å². The van der Waals surface area contributed by atoms with Gasteiger partial charge in [-0.2, -0.15) is 0 Å². The first-order valence-corrected chi connectivity index (χ1v) is 4.52. The van der Waals surface area contributed by atoms with E-state index in [0.717, 1.165) is 12.8 Å². The average molecular weight is 171 g/mol. The van der Waals surface area contributed by atoms with Gasteiger partial charge in [0.15, 0.2) is 0 Å². The van der Waals surface area contributed by atoms with Gasteiger partial charge in [0.05, 0.1) is 11.5 Å². The van der Waals surface area contributed by atoms with E-state index in [1.54, 1.807) is 0 Å². The predicted molar refractivity (Wildman–Crippen MR) is 49.6 cm³/mol. The lowest BCUT2D eigenvalue weighted by Gasteiger charge is -2.25. The van der Waals surface area contributed by atoms with Crippen LogP contribution in [0.2, 0.25) is 0 Å². The number of ether oxygens (including phenoxy) is 1. The summed E-state index contributed by atoms with van der Waals surface area (Å²) in [6, 6.07) is 0. The third-order valence-electron chi connectivity index (χ3n) is 2.13.